The minimum atomic E-state index is -2.55. The van der Waals surface area contributed by atoms with Crippen LogP contribution in [0.3, 0.4) is 0 Å². The van der Waals surface area contributed by atoms with Crippen LogP contribution in [0.15, 0.2) is 256 Å². The number of hydrogen-bond acceptors (Lipinski definition) is 19. The third kappa shape index (κ3) is 20.4. The molecule has 0 spiro atoms. The first-order chi connectivity index (χ1) is 61.6. The molecule has 0 atom stereocenters. The van der Waals surface area contributed by atoms with Gasteiger partial charge in [-0.2, -0.15) is 20.4 Å². The smallest absolute Gasteiger partial charge is 0.276 e. The Bertz CT molecular complexity index is 6290. The molecule has 8 N–H and O–H groups in total. The van der Waals surface area contributed by atoms with Crippen molar-refractivity contribution in [3.8, 4) is 44.5 Å². The summed E-state index contributed by atoms with van der Waals surface area (Å²) in [4.78, 5) is 84.6. The number of likely N-dealkylation sites (tertiary alicyclic amines) is 1. The third-order valence-corrected chi connectivity index (χ3v) is 22.6. The van der Waals surface area contributed by atoms with E-state index in [0.29, 0.717) is 59.2 Å². The van der Waals surface area contributed by atoms with Crippen LogP contribution in [0, 0.1) is 0 Å². The number of pyridine rings is 5. The molecular formula is C97H94F2N22O5. The minimum absolute atomic E-state index is 0.106. The lowest BCUT2D eigenvalue weighted by Gasteiger charge is -2.31. The maximum absolute atomic E-state index is 13.4. The SMILES string of the molecule is CN(C)Cc1cncc(-c2ccc3[nH]nc(C(=O)Nc4ccc(N5CCCC5)nc4)c3c2)c1.O=C(Nc1ccccc1)c1n[nH]c2ccc(-c3cncc(CN4CCC(F)(F)CC4)c3)cc12.O=C(Nc1ccccc1)c1n[nH]c2ccc(-c3cncc(N4CCCCC4)c3)cc12.O=C(Nc1ccccc1)c1n[nH]c2ccc(-c3cncc(N4CCOCC4)c3)cc12. The van der Waals surface area contributed by atoms with Gasteiger partial charge in [-0.05, 0) is 201 Å². The Balaban J connectivity index is 0.000000119. The number of nitrogens with one attached hydrogen (secondary N) is 8. The van der Waals surface area contributed by atoms with Crippen LogP contribution in [0.2, 0.25) is 0 Å². The van der Waals surface area contributed by atoms with Gasteiger partial charge in [0.05, 0.1) is 70.9 Å². The highest BCUT2D eigenvalue weighted by atomic mass is 19.3. The van der Waals surface area contributed by atoms with Crippen LogP contribution in [-0.2, 0) is 17.8 Å². The number of carbonyl (C=O) groups is 4. The predicted octanol–water partition coefficient (Wildman–Crippen LogP) is 17.6. The molecule has 16 aromatic rings. The lowest BCUT2D eigenvalue weighted by atomic mass is 10.0. The van der Waals surface area contributed by atoms with Crippen LogP contribution in [-0.4, -0.2) is 185 Å². The summed E-state index contributed by atoms with van der Waals surface area (Å²) in [5.41, 5.74) is 19.6. The zero-order valence-corrected chi connectivity index (χ0v) is 69.7. The Kier molecular flexibility index (Phi) is 25.6. The molecule has 13 heterocycles. The molecule has 0 unspecified atom stereocenters. The maximum atomic E-state index is 13.4. The van der Waals surface area contributed by atoms with E-state index in [2.05, 4.69) is 125 Å². The van der Waals surface area contributed by atoms with Gasteiger partial charge in [-0.1, -0.05) is 78.9 Å². The van der Waals surface area contributed by atoms with Crippen molar-refractivity contribution in [3.63, 3.8) is 0 Å². The van der Waals surface area contributed by atoms with Gasteiger partial charge in [0.1, 0.15) is 5.82 Å². The molecule has 636 valence electrons. The van der Waals surface area contributed by atoms with E-state index in [1.165, 1.54) is 32.1 Å². The van der Waals surface area contributed by atoms with Crippen LogP contribution in [0.4, 0.5) is 48.7 Å². The van der Waals surface area contributed by atoms with Crippen molar-refractivity contribution in [2.45, 2.75) is 64.0 Å². The number of anilines is 7. The van der Waals surface area contributed by atoms with E-state index in [4.69, 9.17) is 4.74 Å². The number of amides is 4. The van der Waals surface area contributed by atoms with Gasteiger partial charge >= 0.3 is 0 Å². The number of para-hydroxylation sites is 3. The Morgan fingerprint density at radius 3 is 1.14 bits per heavy atom. The van der Waals surface area contributed by atoms with Crippen molar-refractivity contribution in [2.75, 3.05) is 116 Å². The van der Waals surface area contributed by atoms with Gasteiger partial charge in [-0.15, -0.1) is 0 Å². The lowest BCUT2D eigenvalue weighted by Crippen LogP contribution is -2.38. The average Bonchev–Trinajstić information content (AvgIpc) is 1.57. The fourth-order valence-corrected chi connectivity index (χ4v) is 16.0. The van der Waals surface area contributed by atoms with E-state index < -0.39 is 5.92 Å². The summed E-state index contributed by atoms with van der Waals surface area (Å²) in [5.74, 6) is -2.65. The molecule has 29 heteroatoms. The van der Waals surface area contributed by atoms with Gasteiger partial charge in [0.25, 0.3) is 29.6 Å². The summed E-state index contributed by atoms with van der Waals surface area (Å²) in [6, 6.07) is 63.9. The van der Waals surface area contributed by atoms with Crippen molar-refractivity contribution in [1.29, 1.82) is 0 Å². The first-order valence-electron chi connectivity index (χ1n) is 42.3. The fourth-order valence-electron chi connectivity index (χ4n) is 16.0. The molecular weight excluding hydrogens is 1590 g/mol. The largest absolute Gasteiger partial charge is 0.378 e. The molecule has 4 aliphatic heterocycles. The van der Waals surface area contributed by atoms with E-state index in [9.17, 15) is 28.0 Å². The summed E-state index contributed by atoms with van der Waals surface area (Å²) in [7, 11) is 4.06. The number of hydrogen-bond donors (Lipinski definition) is 8. The number of benzene rings is 7. The molecule has 126 heavy (non-hydrogen) atoms. The van der Waals surface area contributed by atoms with Crippen molar-refractivity contribution in [1.82, 2.24) is 75.5 Å². The van der Waals surface area contributed by atoms with E-state index >= 15 is 0 Å². The van der Waals surface area contributed by atoms with E-state index in [-0.39, 0.29) is 36.5 Å². The second-order valence-corrected chi connectivity index (χ2v) is 31.9. The Hall–Kier alpha value is -14.8. The van der Waals surface area contributed by atoms with Gasteiger partial charge in [-0.3, -0.25) is 64.4 Å². The lowest BCUT2D eigenvalue weighted by molar-refractivity contribution is -0.0566. The molecule has 0 aliphatic carbocycles. The van der Waals surface area contributed by atoms with Gasteiger partial charge in [0.2, 0.25) is 0 Å². The number of fused-ring (bicyclic) bond motifs is 4. The van der Waals surface area contributed by atoms with Crippen LogP contribution in [0.5, 0.6) is 0 Å². The molecule has 7 aromatic carbocycles. The van der Waals surface area contributed by atoms with Gasteiger partial charge in [-0.25, -0.2) is 13.8 Å². The summed E-state index contributed by atoms with van der Waals surface area (Å²) in [5, 5.41) is 43.4. The van der Waals surface area contributed by atoms with E-state index in [1.54, 1.807) is 18.6 Å². The summed E-state index contributed by atoms with van der Waals surface area (Å²) in [6.07, 6.45) is 22.4. The summed E-state index contributed by atoms with van der Waals surface area (Å²) >= 11 is 0. The van der Waals surface area contributed by atoms with Crippen molar-refractivity contribution >= 4 is 107 Å². The first kappa shape index (κ1) is 83.5. The maximum Gasteiger partial charge on any atom is 0.276 e. The molecule has 9 aromatic heterocycles. The second kappa shape index (κ2) is 38.7. The number of ether oxygens (including phenoxy) is 1. The topological polar surface area (TPSA) is 321 Å². The highest BCUT2D eigenvalue weighted by Crippen LogP contribution is 2.35. The molecule has 0 bridgehead atoms. The van der Waals surface area contributed by atoms with Crippen LogP contribution in [0.1, 0.15) is 98.0 Å². The van der Waals surface area contributed by atoms with E-state index in [0.717, 1.165) is 181 Å². The van der Waals surface area contributed by atoms with E-state index in [1.807, 2.05) is 238 Å². The number of aromatic amines is 4. The molecule has 4 fully saturated rings. The quantitative estimate of drug-likeness (QED) is 0.0373. The van der Waals surface area contributed by atoms with Gasteiger partial charge in [0, 0.05) is 176 Å². The minimum Gasteiger partial charge on any atom is -0.378 e. The normalized spacial score (nSPS) is 14.5. The zero-order chi connectivity index (χ0) is 86.3. The first-order valence-corrected chi connectivity index (χ1v) is 42.3. The highest BCUT2D eigenvalue weighted by Gasteiger charge is 2.34. The Morgan fingerprint density at radius 1 is 0.373 bits per heavy atom. The van der Waals surface area contributed by atoms with Crippen LogP contribution < -0.4 is 36.0 Å². The number of rotatable bonds is 19. The van der Waals surface area contributed by atoms with Gasteiger partial charge in [0.15, 0.2) is 22.8 Å². The molecule has 0 radical (unpaired) electrons. The molecule has 4 saturated heterocycles. The monoisotopic (exact) mass is 1680 g/mol. The molecule has 0 saturated carbocycles. The number of aromatic nitrogens is 13. The number of halogens is 2. The molecule has 4 aliphatic rings. The Morgan fingerprint density at radius 2 is 0.738 bits per heavy atom. The average molecular weight is 1690 g/mol. The van der Waals surface area contributed by atoms with Crippen molar-refractivity contribution < 1.29 is 32.7 Å². The standard InChI is InChI=1S/C25H23F2N5O.C25H27N7O.C24H23N5O.C23H21N5O2/c26-25(27)8-10-32(11-9-25)16-17-12-19(15-28-14-17)18-6-7-22-21(13-18)23(31-30-22)24(33)29-20-4-2-1-3-5-20;1-31(2)16-17-11-19(14-26-13-17)18-5-7-22-21(12-18)24(30-29-22)25(33)28-20-6-8-23(27-15-20)32-9-3-4-10-32;30-24(26-19-7-3-1-4-8-19)23-21-14-17(9-10-22(21)27-28-23)18-13-20(16-25-15-18)29-11-5-2-6-12-29;29-23(25-18-4-2-1-3-5-18)22-20-13-16(6-7-21(20)26-27-22)17-12-19(15-24-14-17)28-8-10-30-11-9-28/h1-7,12-15H,8-11,16H2,(H,29,33)(H,30,31);5-8,11-15H,3-4,9-10,16H2,1-2H3,(H,28,33)(H,29,30);1,3-4,7-10,13-16H,2,5-6,11-12H2,(H,26,30)(H,27,28);1-7,12-15H,8-11H2,(H,25,29)(H,26,27). The number of piperidine rings is 2. The number of carbonyl (C=O) groups excluding carboxylic acids is 4. The van der Waals surface area contributed by atoms with Crippen molar-refractivity contribution in [3.05, 3.63) is 290 Å². The molecule has 27 nitrogen and oxygen atoms in total. The number of morpholine rings is 1. The fraction of sp³-hybridized carbons (Fsp3) is 0.227. The molecule has 20 rings (SSSR count). The van der Waals surface area contributed by atoms with Crippen LogP contribution in [0.25, 0.3) is 88.1 Å². The molecule has 4 amide bonds. The van der Waals surface area contributed by atoms with Crippen molar-refractivity contribution in [2.24, 2.45) is 0 Å². The third-order valence-electron chi connectivity index (χ3n) is 22.6. The number of nitrogens with zero attached hydrogens (tertiary/aromatic N) is 14. The summed E-state index contributed by atoms with van der Waals surface area (Å²) < 4.78 is 32.3. The summed E-state index contributed by atoms with van der Waals surface area (Å²) in [6.45, 7) is 9.54. The zero-order valence-electron chi connectivity index (χ0n) is 69.7. The number of alkyl halides is 2. The highest BCUT2D eigenvalue weighted by molar-refractivity contribution is 6.14. The van der Waals surface area contributed by atoms with Crippen LogP contribution >= 0.6 is 0 Å². The number of H-pyrrole nitrogens is 4. The van der Waals surface area contributed by atoms with Gasteiger partial charge < -0.3 is 45.6 Å². The predicted molar refractivity (Wildman–Crippen MR) is 490 cm³/mol. The Labute approximate surface area is 725 Å². The second-order valence-electron chi connectivity index (χ2n) is 31.9.